The van der Waals surface area contributed by atoms with E-state index >= 15 is 0 Å². The molecule has 0 aliphatic heterocycles. The van der Waals surface area contributed by atoms with Gasteiger partial charge in [-0.05, 0) is 52.6 Å². The predicted octanol–water partition coefficient (Wildman–Crippen LogP) is 4.12. The fourth-order valence-electron chi connectivity index (χ4n) is 1.89. The summed E-state index contributed by atoms with van der Waals surface area (Å²) in [6, 6.07) is 8.74. The van der Waals surface area contributed by atoms with E-state index in [2.05, 4.69) is 60.7 Å². The molecule has 15 heavy (non-hydrogen) atoms. The van der Waals surface area contributed by atoms with Crippen molar-refractivity contribution < 1.29 is 0 Å². The van der Waals surface area contributed by atoms with Crippen LogP contribution in [0.4, 0.5) is 0 Å². The quantitative estimate of drug-likeness (QED) is 0.812. The van der Waals surface area contributed by atoms with Crippen molar-refractivity contribution in [3.05, 3.63) is 33.4 Å². The van der Waals surface area contributed by atoms with Gasteiger partial charge < -0.3 is 5.73 Å². The first-order chi connectivity index (χ1) is 7.13. The number of halogens is 1. The second kappa shape index (κ2) is 6.48. The fraction of sp³-hybridized carbons (Fsp3) is 0.538. The lowest BCUT2D eigenvalue weighted by atomic mass is 9.94. The largest absolute Gasteiger partial charge is 0.324 e. The summed E-state index contributed by atoms with van der Waals surface area (Å²) < 4.78 is 1.27. The second-order valence-electron chi connectivity index (χ2n) is 4.29. The van der Waals surface area contributed by atoms with Gasteiger partial charge in [-0.25, -0.2) is 0 Å². The minimum Gasteiger partial charge on any atom is -0.324 e. The van der Waals surface area contributed by atoms with Crippen LogP contribution in [0.5, 0.6) is 0 Å². The number of hydrogen-bond acceptors (Lipinski definition) is 1. The summed E-state index contributed by atoms with van der Waals surface area (Å²) in [5.74, 6) is 0.726. The van der Waals surface area contributed by atoms with Crippen molar-refractivity contribution in [2.24, 2.45) is 11.7 Å². The van der Waals surface area contributed by atoms with Gasteiger partial charge in [0, 0.05) is 9.61 Å². The van der Waals surface area contributed by atoms with Gasteiger partial charge in [0.25, 0.3) is 0 Å². The molecule has 0 aliphatic rings. The third-order valence-electron chi connectivity index (χ3n) is 2.74. The Morgan fingerprint density at radius 3 is 2.40 bits per heavy atom. The van der Waals surface area contributed by atoms with Crippen LogP contribution in [0.15, 0.2) is 24.3 Å². The molecule has 0 radical (unpaired) electrons. The zero-order valence-corrected chi connectivity index (χ0v) is 11.7. The zero-order chi connectivity index (χ0) is 11.3. The number of nitrogens with two attached hydrogens (primary N) is 1. The Bertz CT molecular complexity index is 281. The molecule has 1 aromatic rings. The first-order valence-electron chi connectivity index (χ1n) is 5.64. The Labute approximate surface area is 107 Å². The van der Waals surface area contributed by atoms with Gasteiger partial charge >= 0.3 is 0 Å². The number of hydrogen-bond donors (Lipinski definition) is 1. The summed E-state index contributed by atoms with van der Waals surface area (Å²) in [5, 5.41) is 0. The third kappa shape index (κ3) is 4.51. The molecule has 0 aromatic heterocycles. The van der Waals surface area contributed by atoms with Crippen LogP contribution in [0.25, 0.3) is 0 Å². The van der Waals surface area contributed by atoms with Crippen LogP contribution < -0.4 is 5.73 Å². The standard InChI is InChI=1S/C13H20IN/c1-3-4-10(2)9-13(15)11-5-7-12(14)8-6-11/h5-8,10,13H,3-4,9,15H2,1-2H3. The van der Waals surface area contributed by atoms with Crippen molar-refractivity contribution in [1.29, 1.82) is 0 Å². The Hall–Kier alpha value is -0.0900. The molecule has 1 nitrogen and oxygen atoms in total. The lowest BCUT2D eigenvalue weighted by Gasteiger charge is -2.17. The molecule has 0 spiro atoms. The first-order valence-corrected chi connectivity index (χ1v) is 6.72. The van der Waals surface area contributed by atoms with Crippen molar-refractivity contribution in [3.8, 4) is 0 Å². The van der Waals surface area contributed by atoms with Crippen LogP contribution in [-0.2, 0) is 0 Å². The van der Waals surface area contributed by atoms with Gasteiger partial charge in [0.05, 0.1) is 0 Å². The van der Waals surface area contributed by atoms with E-state index in [-0.39, 0.29) is 6.04 Å². The molecule has 0 amide bonds. The van der Waals surface area contributed by atoms with E-state index in [9.17, 15) is 0 Å². The van der Waals surface area contributed by atoms with Crippen molar-refractivity contribution in [3.63, 3.8) is 0 Å². The van der Waals surface area contributed by atoms with Crippen LogP contribution in [0, 0.1) is 9.49 Å². The molecule has 0 saturated heterocycles. The minimum atomic E-state index is 0.198. The Morgan fingerprint density at radius 1 is 1.27 bits per heavy atom. The smallest absolute Gasteiger partial charge is 0.0297 e. The third-order valence-corrected chi connectivity index (χ3v) is 3.46. The lowest BCUT2D eigenvalue weighted by molar-refractivity contribution is 0.440. The van der Waals surface area contributed by atoms with E-state index in [0.29, 0.717) is 0 Å². The van der Waals surface area contributed by atoms with Crippen molar-refractivity contribution in [2.75, 3.05) is 0 Å². The molecular formula is C13H20IN. The van der Waals surface area contributed by atoms with Crippen molar-refractivity contribution in [2.45, 2.75) is 39.2 Å². The molecule has 0 heterocycles. The summed E-state index contributed by atoms with van der Waals surface area (Å²) in [6.07, 6.45) is 3.62. The van der Waals surface area contributed by atoms with Gasteiger partial charge in [0.15, 0.2) is 0 Å². The van der Waals surface area contributed by atoms with Gasteiger partial charge in [-0.15, -0.1) is 0 Å². The molecule has 2 heteroatoms. The number of rotatable bonds is 5. The van der Waals surface area contributed by atoms with Crippen molar-refractivity contribution >= 4 is 22.6 Å². The fourth-order valence-corrected chi connectivity index (χ4v) is 2.25. The highest BCUT2D eigenvalue weighted by molar-refractivity contribution is 14.1. The molecule has 1 rings (SSSR count). The van der Waals surface area contributed by atoms with Crippen LogP contribution in [0.1, 0.15) is 44.7 Å². The summed E-state index contributed by atoms with van der Waals surface area (Å²) in [6.45, 7) is 4.52. The summed E-state index contributed by atoms with van der Waals surface area (Å²) >= 11 is 2.32. The molecule has 0 bridgehead atoms. The molecule has 1 aromatic carbocycles. The highest BCUT2D eigenvalue weighted by Crippen LogP contribution is 2.22. The Balaban J connectivity index is 2.53. The van der Waals surface area contributed by atoms with Gasteiger partial charge in [0.2, 0.25) is 0 Å². The molecule has 2 atom stereocenters. The topological polar surface area (TPSA) is 26.0 Å². The Kier molecular flexibility index (Phi) is 5.61. The van der Waals surface area contributed by atoms with Crippen LogP contribution >= 0.6 is 22.6 Å². The maximum Gasteiger partial charge on any atom is 0.0297 e. The average molecular weight is 317 g/mol. The Morgan fingerprint density at radius 2 is 1.87 bits per heavy atom. The van der Waals surface area contributed by atoms with E-state index in [0.717, 1.165) is 12.3 Å². The van der Waals surface area contributed by atoms with E-state index in [1.165, 1.54) is 22.0 Å². The normalized spacial score (nSPS) is 14.9. The van der Waals surface area contributed by atoms with Crippen LogP contribution in [0.3, 0.4) is 0 Å². The summed E-state index contributed by atoms with van der Waals surface area (Å²) in [4.78, 5) is 0. The first kappa shape index (κ1) is 13.0. The monoisotopic (exact) mass is 317 g/mol. The van der Waals surface area contributed by atoms with Crippen molar-refractivity contribution in [1.82, 2.24) is 0 Å². The van der Waals surface area contributed by atoms with Gasteiger partial charge in [-0.3, -0.25) is 0 Å². The zero-order valence-electron chi connectivity index (χ0n) is 9.54. The molecule has 0 aliphatic carbocycles. The van der Waals surface area contributed by atoms with E-state index < -0.39 is 0 Å². The van der Waals surface area contributed by atoms with Gasteiger partial charge in [-0.2, -0.15) is 0 Å². The molecular weight excluding hydrogens is 297 g/mol. The maximum atomic E-state index is 6.17. The van der Waals surface area contributed by atoms with E-state index in [1.807, 2.05) is 0 Å². The summed E-state index contributed by atoms with van der Waals surface area (Å²) in [5.41, 5.74) is 7.44. The molecule has 84 valence electrons. The molecule has 2 N–H and O–H groups in total. The average Bonchev–Trinajstić information content (AvgIpc) is 2.18. The van der Waals surface area contributed by atoms with E-state index in [4.69, 9.17) is 5.73 Å². The molecule has 0 saturated carbocycles. The molecule has 0 fully saturated rings. The summed E-state index contributed by atoms with van der Waals surface area (Å²) in [7, 11) is 0. The van der Waals surface area contributed by atoms with Crippen LogP contribution in [0.2, 0.25) is 0 Å². The SMILES string of the molecule is CCCC(C)CC(N)c1ccc(I)cc1. The maximum absolute atomic E-state index is 6.17. The van der Waals surface area contributed by atoms with Crippen LogP contribution in [-0.4, -0.2) is 0 Å². The molecule has 2 unspecified atom stereocenters. The second-order valence-corrected chi connectivity index (χ2v) is 5.53. The van der Waals surface area contributed by atoms with E-state index in [1.54, 1.807) is 0 Å². The minimum absolute atomic E-state index is 0.198. The number of benzene rings is 1. The highest BCUT2D eigenvalue weighted by atomic mass is 127. The predicted molar refractivity (Wildman–Crippen MR) is 74.8 cm³/mol. The van der Waals surface area contributed by atoms with Gasteiger partial charge in [-0.1, -0.05) is 38.8 Å². The lowest BCUT2D eigenvalue weighted by Crippen LogP contribution is -2.14. The highest BCUT2D eigenvalue weighted by Gasteiger charge is 2.10. The van der Waals surface area contributed by atoms with Gasteiger partial charge in [0.1, 0.15) is 0 Å².